The minimum Gasteiger partial charge on any atom is -0.481 e. The Kier molecular flexibility index (Phi) is 5.62. The molecule has 21 heavy (non-hydrogen) atoms. The van der Waals surface area contributed by atoms with Crippen molar-refractivity contribution in [2.24, 2.45) is 5.41 Å². The monoisotopic (exact) mass is 296 g/mol. The summed E-state index contributed by atoms with van der Waals surface area (Å²) in [5.74, 6) is -0.513. The summed E-state index contributed by atoms with van der Waals surface area (Å²) in [6.45, 7) is 4.19. The van der Waals surface area contributed by atoms with Crippen molar-refractivity contribution in [1.29, 1.82) is 0 Å². The van der Waals surface area contributed by atoms with Gasteiger partial charge in [-0.05, 0) is 45.1 Å². The first-order valence-corrected chi connectivity index (χ1v) is 8.32. The molecule has 0 saturated carbocycles. The molecule has 120 valence electrons. The van der Waals surface area contributed by atoms with Crippen LogP contribution < -0.4 is 5.32 Å². The normalized spacial score (nSPS) is 25.6. The number of hydrogen-bond donors (Lipinski definition) is 2. The maximum absolute atomic E-state index is 12.3. The van der Waals surface area contributed by atoms with E-state index >= 15 is 0 Å². The van der Waals surface area contributed by atoms with Crippen LogP contribution in [0.4, 0.5) is 0 Å². The molecule has 2 aliphatic rings. The number of likely N-dealkylation sites (tertiary alicyclic amines) is 1. The Bertz CT molecular complexity index is 370. The van der Waals surface area contributed by atoms with Crippen molar-refractivity contribution in [1.82, 2.24) is 10.2 Å². The topological polar surface area (TPSA) is 69.6 Å². The van der Waals surface area contributed by atoms with Gasteiger partial charge in [0.1, 0.15) is 0 Å². The van der Waals surface area contributed by atoms with Crippen molar-refractivity contribution >= 4 is 11.9 Å². The SMILES string of the molecule is CCC1(C(=O)O)CCN(C(=O)CCC2CCCCN2)CC1. The Morgan fingerprint density at radius 2 is 2.00 bits per heavy atom. The largest absolute Gasteiger partial charge is 0.481 e. The van der Waals surface area contributed by atoms with Gasteiger partial charge in [-0.1, -0.05) is 13.3 Å². The van der Waals surface area contributed by atoms with E-state index in [1.807, 2.05) is 11.8 Å². The van der Waals surface area contributed by atoms with Crippen LogP contribution in [0, 0.1) is 5.41 Å². The maximum Gasteiger partial charge on any atom is 0.309 e. The summed E-state index contributed by atoms with van der Waals surface area (Å²) >= 11 is 0. The van der Waals surface area contributed by atoms with Crippen LogP contribution in [0.3, 0.4) is 0 Å². The van der Waals surface area contributed by atoms with E-state index in [4.69, 9.17) is 0 Å². The zero-order valence-corrected chi connectivity index (χ0v) is 13.1. The fraction of sp³-hybridized carbons (Fsp3) is 0.875. The van der Waals surface area contributed by atoms with E-state index in [1.54, 1.807) is 0 Å². The lowest BCUT2D eigenvalue weighted by molar-refractivity contribution is -0.154. The molecule has 0 bridgehead atoms. The van der Waals surface area contributed by atoms with Crippen molar-refractivity contribution in [2.75, 3.05) is 19.6 Å². The van der Waals surface area contributed by atoms with Gasteiger partial charge < -0.3 is 15.3 Å². The van der Waals surface area contributed by atoms with Crippen LogP contribution in [0.2, 0.25) is 0 Å². The number of nitrogens with one attached hydrogen (secondary N) is 1. The highest BCUT2D eigenvalue weighted by molar-refractivity contribution is 5.78. The molecule has 2 fully saturated rings. The molecule has 2 aliphatic heterocycles. The van der Waals surface area contributed by atoms with Crippen LogP contribution in [-0.4, -0.2) is 47.6 Å². The number of amides is 1. The molecule has 0 aliphatic carbocycles. The first kappa shape index (κ1) is 16.3. The molecule has 1 unspecified atom stereocenters. The van der Waals surface area contributed by atoms with E-state index < -0.39 is 11.4 Å². The maximum atomic E-state index is 12.3. The second-order valence-electron chi connectivity index (χ2n) is 6.51. The minimum absolute atomic E-state index is 0.192. The summed E-state index contributed by atoms with van der Waals surface area (Å²) < 4.78 is 0. The van der Waals surface area contributed by atoms with Gasteiger partial charge in [-0.25, -0.2) is 0 Å². The molecule has 5 heteroatoms. The summed E-state index contributed by atoms with van der Waals surface area (Å²) in [6, 6.07) is 0.487. The molecule has 5 nitrogen and oxygen atoms in total. The highest BCUT2D eigenvalue weighted by atomic mass is 16.4. The average molecular weight is 296 g/mol. The molecule has 0 spiro atoms. The van der Waals surface area contributed by atoms with Crippen LogP contribution >= 0.6 is 0 Å². The third-order valence-electron chi connectivity index (χ3n) is 5.32. The van der Waals surface area contributed by atoms with E-state index in [9.17, 15) is 14.7 Å². The second-order valence-corrected chi connectivity index (χ2v) is 6.51. The molecule has 1 amide bonds. The van der Waals surface area contributed by atoms with Gasteiger partial charge in [0.25, 0.3) is 0 Å². The van der Waals surface area contributed by atoms with E-state index in [0.29, 0.717) is 44.8 Å². The lowest BCUT2D eigenvalue weighted by Gasteiger charge is -2.38. The third-order valence-corrected chi connectivity index (χ3v) is 5.32. The zero-order valence-electron chi connectivity index (χ0n) is 13.1. The fourth-order valence-corrected chi connectivity index (χ4v) is 3.53. The van der Waals surface area contributed by atoms with Crippen molar-refractivity contribution in [3.05, 3.63) is 0 Å². The smallest absolute Gasteiger partial charge is 0.309 e. The number of rotatable bonds is 5. The third kappa shape index (κ3) is 3.96. The summed E-state index contributed by atoms with van der Waals surface area (Å²) in [6.07, 6.45) is 7.00. The number of carbonyl (C=O) groups is 2. The summed E-state index contributed by atoms with van der Waals surface area (Å²) in [4.78, 5) is 25.5. The van der Waals surface area contributed by atoms with Crippen LogP contribution in [0.1, 0.15) is 58.3 Å². The van der Waals surface area contributed by atoms with Crippen molar-refractivity contribution in [3.63, 3.8) is 0 Å². The fourth-order valence-electron chi connectivity index (χ4n) is 3.53. The van der Waals surface area contributed by atoms with Gasteiger partial charge in [0.15, 0.2) is 0 Å². The number of hydrogen-bond acceptors (Lipinski definition) is 3. The molecule has 1 atom stereocenters. The predicted molar refractivity (Wildman–Crippen MR) is 81.0 cm³/mol. The Labute approximate surface area is 127 Å². The average Bonchev–Trinajstić information content (AvgIpc) is 2.53. The number of aliphatic carboxylic acids is 1. The summed E-state index contributed by atoms with van der Waals surface area (Å²) in [7, 11) is 0. The Hall–Kier alpha value is -1.10. The number of carboxylic acid groups (broad SMARTS) is 1. The van der Waals surface area contributed by atoms with Crippen molar-refractivity contribution < 1.29 is 14.7 Å². The van der Waals surface area contributed by atoms with Crippen LogP contribution in [0.5, 0.6) is 0 Å². The molecule has 2 saturated heterocycles. The van der Waals surface area contributed by atoms with Gasteiger partial charge in [-0.3, -0.25) is 9.59 Å². The van der Waals surface area contributed by atoms with Crippen LogP contribution in [0.25, 0.3) is 0 Å². The molecule has 0 radical (unpaired) electrons. The van der Waals surface area contributed by atoms with Crippen molar-refractivity contribution in [3.8, 4) is 0 Å². The molecular formula is C16H28N2O3. The Morgan fingerprint density at radius 3 is 2.52 bits per heavy atom. The quantitative estimate of drug-likeness (QED) is 0.814. The van der Waals surface area contributed by atoms with Gasteiger partial charge in [0.2, 0.25) is 5.91 Å². The molecule has 2 N–H and O–H groups in total. The van der Waals surface area contributed by atoms with Crippen LogP contribution in [-0.2, 0) is 9.59 Å². The summed E-state index contributed by atoms with van der Waals surface area (Å²) in [5.41, 5.74) is -0.609. The van der Waals surface area contributed by atoms with E-state index in [2.05, 4.69) is 5.32 Å². The Morgan fingerprint density at radius 1 is 1.29 bits per heavy atom. The molecular weight excluding hydrogens is 268 g/mol. The van der Waals surface area contributed by atoms with Gasteiger partial charge in [0, 0.05) is 25.6 Å². The minimum atomic E-state index is -0.705. The number of piperidine rings is 2. The van der Waals surface area contributed by atoms with E-state index in [0.717, 1.165) is 13.0 Å². The lowest BCUT2D eigenvalue weighted by atomic mass is 9.76. The number of carboxylic acids is 1. The van der Waals surface area contributed by atoms with Gasteiger partial charge in [-0.15, -0.1) is 0 Å². The van der Waals surface area contributed by atoms with E-state index in [1.165, 1.54) is 19.3 Å². The predicted octanol–water partition coefficient (Wildman–Crippen LogP) is 2.01. The molecule has 0 aromatic carbocycles. The second kappa shape index (κ2) is 7.25. The van der Waals surface area contributed by atoms with Crippen LogP contribution in [0.15, 0.2) is 0 Å². The molecule has 2 rings (SSSR count). The van der Waals surface area contributed by atoms with Crippen molar-refractivity contribution in [2.45, 2.75) is 64.3 Å². The highest BCUT2D eigenvalue weighted by Gasteiger charge is 2.40. The Balaban J connectivity index is 1.76. The lowest BCUT2D eigenvalue weighted by Crippen LogP contribution is -2.46. The number of carbonyl (C=O) groups excluding carboxylic acids is 1. The zero-order chi connectivity index (χ0) is 15.3. The van der Waals surface area contributed by atoms with Gasteiger partial charge in [-0.2, -0.15) is 0 Å². The summed E-state index contributed by atoms with van der Waals surface area (Å²) in [5, 5.41) is 12.8. The highest BCUT2D eigenvalue weighted by Crippen LogP contribution is 2.35. The van der Waals surface area contributed by atoms with E-state index in [-0.39, 0.29) is 5.91 Å². The van der Waals surface area contributed by atoms with Gasteiger partial charge >= 0.3 is 5.97 Å². The first-order valence-electron chi connectivity index (χ1n) is 8.32. The first-order chi connectivity index (χ1) is 10.1. The number of nitrogens with zero attached hydrogens (tertiary/aromatic N) is 1. The van der Waals surface area contributed by atoms with Gasteiger partial charge in [0.05, 0.1) is 5.41 Å². The molecule has 2 heterocycles. The molecule has 0 aromatic rings. The standard InChI is InChI=1S/C16H28N2O3/c1-2-16(15(20)21)8-11-18(12-9-16)14(19)7-6-13-5-3-4-10-17-13/h13,17H,2-12H2,1H3,(H,20,21). The molecule has 0 aromatic heterocycles.